The van der Waals surface area contributed by atoms with Crippen LogP contribution in [-0.2, 0) is 0 Å². The Bertz CT molecular complexity index is 527. The summed E-state index contributed by atoms with van der Waals surface area (Å²) in [7, 11) is 0. The summed E-state index contributed by atoms with van der Waals surface area (Å²) in [5.41, 5.74) is 0.845. The molecule has 1 N–H and O–H groups in total. The number of hydrogen-bond donors (Lipinski definition) is 1. The molecule has 16 heavy (non-hydrogen) atoms. The molecule has 0 bridgehead atoms. The molecule has 0 atom stereocenters. The predicted octanol–water partition coefficient (Wildman–Crippen LogP) is 2.51. The van der Waals surface area contributed by atoms with Crippen LogP contribution in [0.3, 0.4) is 0 Å². The Kier molecular flexibility index (Phi) is 3.13. The number of thiophene rings is 1. The molecule has 0 saturated carbocycles. The van der Waals surface area contributed by atoms with E-state index in [0.29, 0.717) is 4.88 Å². The van der Waals surface area contributed by atoms with Crippen LogP contribution < -0.4 is 5.32 Å². The van der Waals surface area contributed by atoms with Gasteiger partial charge in [0.1, 0.15) is 23.1 Å². The fraction of sp³-hybridized carbons (Fsp3) is 0.182. The van der Waals surface area contributed by atoms with E-state index >= 15 is 0 Å². The molecule has 5 heteroatoms. The second kappa shape index (κ2) is 4.73. The van der Waals surface area contributed by atoms with Crippen molar-refractivity contribution in [2.45, 2.75) is 6.92 Å². The Hall–Kier alpha value is -1.93. The lowest BCUT2D eigenvalue weighted by Gasteiger charge is -2.02. The van der Waals surface area contributed by atoms with E-state index in [-0.39, 0.29) is 0 Å². The van der Waals surface area contributed by atoms with Crippen molar-refractivity contribution in [2.75, 3.05) is 11.9 Å². The first kappa shape index (κ1) is 10.6. The molecule has 0 amide bonds. The smallest absolute Gasteiger partial charge is 0.129 e. The molecule has 0 aliphatic carbocycles. The fourth-order valence-corrected chi connectivity index (χ4v) is 2.08. The van der Waals surface area contributed by atoms with Gasteiger partial charge >= 0.3 is 0 Å². The highest BCUT2D eigenvalue weighted by atomic mass is 32.1. The zero-order chi connectivity index (χ0) is 11.4. The minimum atomic E-state index is 0.693. The maximum absolute atomic E-state index is 8.75. The van der Waals surface area contributed by atoms with Gasteiger partial charge in [-0.3, -0.25) is 0 Å². The average Bonchev–Trinajstić information content (AvgIpc) is 2.78. The quantitative estimate of drug-likeness (QED) is 0.880. The summed E-state index contributed by atoms with van der Waals surface area (Å²) < 4.78 is 0. The molecule has 4 nitrogen and oxygen atoms in total. The normalized spacial score (nSPS) is 9.75. The number of aromatic nitrogens is 2. The van der Waals surface area contributed by atoms with Gasteiger partial charge in [-0.2, -0.15) is 5.26 Å². The zero-order valence-electron chi connectivity index (χ0n) is 8.77. The highest BCUT2D eigenvalue weighted by molar-refractivity contribution is 7.15. The Morgan fingerprint density at radius 1 is 1.44 bits per heavy atom. The molecule has 2 aromatic rings. The maximum atomic E-state index is 8.75. The molecule has 0 aromatic carbocycles. The Balaban J connectivity index is 2.33. The molecule has 0 aliphatic heterocycles. The molecule has 0 saturated heterocycles. The van der Waals surface area contributed by atoms with Gasteiger partial charge in [0.25, 0.3) is 0 Å². The minimum absolute atomic E-state index is 0.693. The van der Waals surface area contributed by atoms with Crippen molar-refractivity contribution in [1.29, 1.82) is 5.26 Å². The van der Waals surface area contributed by atoms with Crippen LogP contribution in [0, 0.1) is 11.3 Å². The van der Waals surface area contributed by atoms with Gasteiger partial charge in [0.15, 0.2) is 0 Å². The van der Waals surface area contributed by atoms with Crippen molar-refractivity contribution < 1.29 is 0 Å². The van der Waals surface area contributed by atoms with Crippen molar-refractivity contribution in [1.82, 2.24) is 9.97 Å². The first-order valence-electron chi connectivity index (χ1n) is 4.89. The zero-order valence-corrected chi connectivity index (χ0v) is 9.58. The highest BCUT2D eigenvalue weighted by Crippen LogP contribution is 2.26. The van der Waals surface area contributed by atoms with E-state index in [2.05, 4.69) is 21.4 Å². The number of anilines is 1. The third-order valence-electron chi connectivity index (χ3n) is 1.99. The van der Waals surface area contributed by atoms with Gasteiger partial charge < -0.3 is 5.32 Å². The Morgan fingerprint density at radius 2 is 2.31 bits per heavy atom. The van der Waals surface area contributed by atoms with Crippen LogP contribution in [0.25, 0.3) is 10.6 Å². The summed E-state index contributed by atoms with van der Waals surface area (Å²) in [4.78, 5) is 9.97. The first-order chi connectivity index (χ1) is 7.83. The van der Waals surface area contributed by atoms with Crippen molar-refractivity contribution >= 4 is 17.2 Å². The lowest BCUT2D eigenvalue weighted by atomic mass is 10.3. The summed E-state index contributed by atoms with van der Waals surface area (Å²) in [6, 6.07) is 7.71. The van der Waals surface area contributed by atoms with Crippen LogP contribution in [-0.4, -0.2) is 16.5 Å². The van der Waals surface area contributed by atoms with Gasteiger partial charge in [0.05, 0.1) is 10.6 Å². The average molecular weight is 230 g/mol. The number of nitriles is 1. The van der Waals surface area contributed by atoms with E-state index < -0.39 is 0 Å². The number of nitrogens with one attached hydrogen (secondary N) is 1. The largest absolute Gasteiger partial charge is 0.370 e. The topological polar surface area (TPSA) is 61.6 Å². The summed E-state index contributed by atoms with van der Waals surface area (Å²) in [5, 5.41) is 11.9. The molecule has 0 aliphatic rings. The van der Waals surface area contributed by atoms with Crippen molar-refractivity contribution in [2.24, 2.45) is 0 Å². The SMILES string of the molecule is CCNc1cc(-c2ccc(C#N)s2)ncn1. The Labute approximate surface area is 97.6 Å². The lowest BCUT2D eigenvalue weighted by molar-refractivity contribution is 1.12. The monoisotopic (exact) mass is 230 g/mol. The Morgan fingerprint density at radius 3 is 3.00 bits per heavy atom. The van der Waals surface area contributed by atoms with Gasteiger partial charge in [-0.15, -0.1) is 11.3 Å². The first-order valence-corrected chi connectivity index (χ1v) is 5.71. The maximum Gasteiger partial charge on any atom is 0.129 e. The van der Waals surface area contributed by atoms with Gasteiger partial charge in [-0.25, -0.2) is 9.97 Å². The van der Waals surface area contributed by atoms with Gasteiger partial charge in [-0.05, 0) is 19.1 Å². The van der Waals surface area contributed by atoms with Crippen molar-refractivity contribution in [3.63, 3.8) is 0 Å². The second-order valence-corrected chi connectivity index (χ2v) is 4.18. The highest BCUT2D eigenvalue weighted by Gasteiger charge is 2.04. The fourth-order valence-electron chi connectivity index (χ4n) is 1.31. The lowest BCUT2D eigenvalue weighted by Crippen LogP contribution is -1.99. The van der Waals surface area contributed by atoms with E-state index in [0.717, 1.165) is 22.9 Å². The number of rotatable bonds is 3. The van der Waals surface area contributed by atoms with E-state index in [4.69, 9.17) is 5.26 Å². The molecule has 0 unspecified atom stereocenters. The number of nitrogens with zero attached hydrogens (tertiary/aromatic N) is 3. The van der Waals surface area contributed by atoms with E-state index in [1.807, 2.05) is 19.1 Å². The standard InChI is InChI=1S/C11H10N4S/c1-2-13-11-5-9(14-7-15-11)10-4-3-8(6-12)16-10/h3-5,7H,2H2,1H3,(H,13,14,15). The van der Waals surface area contributed by atoms with Crippen LogP contribution in [0.15, 0.2) is 24.5 Å². The van der Waals surface area contributed by atoms with Crippen LogP contribution in [0.2, 0.25) is 0 Å². The molecule has 0 fully saturated rings. The number of hydrogen-bond acceptors (Lipinski definition) is 5. The van der Waals surface area contributed by atoms with Gasteiger partial charge in [-0.1, -0.05) is 0 Å². The molecule has 2 aromatic heterocycles. The predicted molar refractivity (Wildman–Crippen MR) is 64.2 cm³/mol. The molecule has 80 valence electrons. The minimum Gasteiger partial charge on any atom is -0.370 e. The third-order valence-corrected chi connectivity index (χ3v) is 3.01. The molecule has 0 spiro atoms. The molecular weight excluding hydrogens is 220 g/mol. The summed E-state index contributed by atoms with van der Waals surface area (Å²) in [6.45, 7) is 2.84. The molecule has 0 radical (unpaired) electrons. The van der Waals surface area contributed by atoms with Gasteiger partial charge in [0, 0.05) is 12.6 Å². The van der Waals surface area contributed by atoms with Gasteiger partial charge in [0.2, 0.25) is 0 Å². The van der Waals surface area contributed by atoms with Crippen LogP contribution in [0.1, 0.15) is 11.8 Å². The third kappa shape index (κ3) is 2.18. The molecule has 2 heterocycles. The van der Waals surface area contributed by atoms with Crippen molar-refractivity contribution in [3.8, 4) is 16.6 Å². The molecule has 2 rings (SSSR count). The molecular formula is C11H10N4S. The van der Waals surface area contributed by atoms with Crippen LogP contribution in [0.5, 0.6) is 0 Å². The van der Waals surface area contributed by atoms with Crippen LogP contribution >= 0.6 is 11.3 Å². The van der Waals surface area contributed by atoms with E-state index in [9.17, 15) is 0 Å². The summed E-state index contributed by atoms with van der Waals surface area (Å²) in [6.07, 6.45) is 1.53. The van der Waals surface area contributed by atoms with Crippen molar-refractivity contribution in [3.05, 3.63) is 29.4 Å². The summed E-state index contributed by atoms with van der Waals surface area (Å²) in [5.74, 6) is 0.805. The van der Waals surface area contributed by atoms with E-state index in [1.54, 1.807) is 6.07 Å². The van der Waals surface area contributed by atoms with E-state index in [1.165, 1.54) is 17.7 Å². The second-order valence-electron chi connectivity index (χ2n) is 3.09. The summed E-state index contributed by atoms with van der Waals surface area (Å²) >= 11 is 1.43. The van der Waals surface area contributed by atoms with Crippen LogP contribution in [0.4, 0.5) is 5.82 Å².